The molecule has 1 aromatic carbocycles. The van der Waals surface area contributed by atoms with Crippen molar-refractivity contribution in [1.82, 2.24) is 4.90 Å². The zero-order chi connectivity index (χ0) is 14.6. The number of carbonyl (C=O) groups is 2. The van der Waals surface area contributed by atoms with Gasteiger partial charge in [0.05, 0.1) is 5.69 Å². The second-order valence-corrected chi connectivity index (χ2v) is 3.59. The van der Waals surface area contributed by atoms with E-state index in [0.29, 0.717) is 12.1 Å². The van der Waals surface area contributed by atoms with Gasteiger partial charge in [-0.1, -0.05) is 0 Å². The second-order valence-electron chi connectivity index (χ2n) is 3.59. The Labute approximate surface area is 106 Å². The highest BCUT2D eigenvalue weighted by atomic mass is 19.2. The molecule has 0 aliphatic rings. The predicted octanol–water partition coefficient (Wildman–Crippen LogP) is 2.04. The van der Waals surface area contributed by atoms with Crippen LogP contribution in [0.3, 0.4) is 0 Å². The second kappa shape index (κ2) is 6.07. The smallest absolute Gasteiger partial charge is 0.323 e. The van der Waals surface area contributed by atoms with Crippen LogP contribution in [0.25, 0.3) is 0 Å². The van der Waals surface area contributed by atoms with Crippen LogP contribution in [0.1, 0.15) is 6.92 Å². The minimum atomic E-state index is -1.45. The van der Waals surface area contributed by atoms with Gasteiger partial charge in [-0.15, -0.1) is 0 Å². The highest BCUT2D eigenvalue weighted by Crippen LogP contribution is 2.19. The number of aliphatic carboxylic acids is 1. The Morgan fingerprint density at radius 2 is 1.95 bits per heavy atom. The van der Waals surface area contributed by atoms with Crippen molar-refractivity contribution in [2.45, 2.75) is 6.92 Å². The van der Waals surface area contributed by atoms with E-state index in [1.807, 2.05) is 5.32 Å². The monoisotopic (exact) mass is 276 g/mol. The third-order valence-corrected chi connectivity index (χ3v) is 2.23. The quantitative estimate of drug-likeness (QED) is 0.827. The molecule has 2 amide bonds. The molecule has 0 bridgehead atoms. The molecule has 0 fully saturated rings. The fourth-order valence-electron chi connectivity index (χ4n) is 1.33. The number of hydrogen-bond acceptors (Lipinski definition) is 2. The molecule has 0 atom stereocenters. The highest BCUT2D eigenvalue weighted by Gasteiger charge is 2.18. The first-order chi connectivity index (χ1) is 8.85. The number of amides is 2. The highest BCUT2D eigenvalue weighted by molar-refractivity contribution is 5.91. The molecule has 1 aromatic rings. The Balaban J connectivity index is 2.89. The Morgan fingerprint density at radius 3 is 2.47 bits per heavy atom. The Bertz CT molecular complexity index is 508. The van der Waals surface area contributed by atoms with Crippen molar-refractivity contribution >= 4 is 17.7 Å². The molecule has 1 rings (SSSR count). The minimum absolute atomic E-state index is 0.0392. The summed E-state index contributed by atoms with van der Waals surface area (Å²) in [5.74, 6) is -5.18. The van der Waals surface area contributed by atoms with Crippen molar-refractivity contribution in [1.29, 1.82) is 0 Å². The Hall–Kier alpha value is -2.25. The van der Waals surface area contributed by atoms with Gasteiger partial charge in [-0.3, -0.25) is 4.79 Å². The van der Waals surface area contributed by atoms with Crippen LogP contribution >= 0.6 is 0 Å². The lowest BCUT2D eigenvalue weighted by atomic mass is 10.3. The third kappa shape index (κ3) is 3.87. The van der Waals surface area contributed by atoms with E-state index in [1.165, 1.54) is 6.92 Å². The van der Waals surface area contributed by atoms with Gasteiger partial charge in [0, 0.05) is 18.7 Å². The van der Waals surface area contributed by atoms with E-state index in [4.69, 9.17) is 5.11 Å². The first-order valence-corrected chi connectivity index (χ1v) is 5.27. The van der Waals surface area contributed by atoms with Gasteiger partial charge in [0.2, 0.25) is 0 Å². The molecule has 0 unspecified atom stereocenters. The maximum Gasteiger partial charge on any atom is 0.323 e. The van der Waals surface area contributed by atoms with Crippen LogP contribution in [0.4, 0.5) is 23.7 Å². The number of carboxylic acid groups (broad SMARTS) is 1. The van der Waals surface area contributed by atoms with E-state index in [-0.39, 0.29) is 6.54 Å². The Kier molecular flexibility index (Phi) is 4.74. The topological polar surface area (TPSA) is 69.6 Å². The van der Waals surface area contributed by atoms with Crippen molar-refractivity contribution in [2.24, 2.45) is 0 Å². The molecule has 2 N–H and O–H groups in total. The fourth-order valence-corrected chi connectivity index (χ4v) is 1.33. The molecule has 0 spiro atoms. The van der Waals surface area contributed by atoms with E-state index in [9.17, 15) is 22.8 Å². The van der Waals surface area contributed by atoms with Crippen LogP contribution in [0.2, 0.25) is 0 Å². The van der Waals surface area contributed by atoms with Crippen LogP contribution in [-0.4, -0.2) is 35.1 Å². The molecule has 19 heavy (non-hydrogen) atoms. The fraction of sp³-hybridized carbons (Fsp3) is 0.273. The Morgan fingerprint density at radius 1 is 1.32 bits per heavy atom. The SMILES string of the molecule is CCN(CC(=O)O)C(=O)Nc1cc(F)cc(F)c1F. The largest absolute Gasteiger partial charge is 0.480 e. The average molecular weight is 276 g/mol. The number of rotatable bonds is 4. The van der Waals surface area contributed by atoms with Gasteiger partial charge in [-0.2, -0.15) is 0 Å². The van der Waals surface area contributed by atoms with Crippen LogP contribution in [0, 0.1) is 17.5 Å². The van der Waals surface area contributed by atoms with Crippen LogP contribution < -0.4 is 5.32 Å². The predicted molar refractivity (Wildman–Crippen MR) is 60.2 cm³/mol. The van der Waals surface area contributed by atoms with Crippen LogP contribution in [0.5, 0.6) is 0 Å². The molecule has 104 valence electrons. The summed E-state index contributed by atoms with van der Waals surface area (Å²) in [4.78, 5) is 22.9. The number of halogens is 3. The standard InChI is InChI=1S/C11H11F3N2O3/c1-2-16(5-9(17)18)11(19)15-8-4-6(12)3-7(13)10(8)14/h3-4H,2,5H2,1H3,(H,15,19)(H,17,18). The first kappa shape index (κ1) is 14.8. The molecule has 5 nitrogen and oxygen atoms in total. The summed E-state index contributed by atoms with van der Waals surface area (Å²) in [7, 11) is 0. The van der Waals surface area contributed by atoms with E-state index in [0.717, 1.165) is 4.90 Å². The number of nitrogens with zero attached hydrogens (tertiary/aromatic N) is 1. The molecule has 0 saturated carbocycles. The number of benzene rings is 1. The van der Waals surface area contributed by atoms with Crippen molar-refractivity contribution in [2.75, 3.05) is 18.4 Å². The van der Waals surface area contributed by atoms with Crippen molar-refractivity contribution in [3.8, 4) is 0 Å². The van der Waals surface area contributed by atoms with Gasteiger partial charge >= 0.3 is 12.0 Å². The number of hydrogen-bond donors (Lipinski definition) is 2. The number of carbonyl (C=O) groups excluding carboxylic acids is 1. The number of urea groups is 1. The zero-order valence-corrected chi connectivity index (χ0v) is 9.91. The van der Waals surface area contributed by atoms with E-state index >= 15 is 0 Å². The lowest BCUT2D eigenvalue weighted by Crippen LogP contribution is -2.38. The molecular weight excluding hydrogens is 265 g/mol. The van der Waals surface area contributed by atoms with Crippen molar-refractivity contribution in [3.63, 3.8) is 0 Å². The van der Waals surface area contributed by atoms with Gasteiger partial charge in [-0.05, 0) is 6.92 Å². The molecule has 0 heterocycles. The molecule has 0 aromatic heterocycles. The van der Waals surface area contributed by atoms with Crippen molar-refractivity contribution < 1.29 is 27.9 Å². The summed E-state index contributed by atoms with van der Waals surface area (Å²) < 4.78 is 39.1. The lowest BCUT2D eigenvalue weighted by molar-refractivity contribution is -0.137. The molecule has 0 saturated heterocycles. The van der Waals surface area contributed by atoms with Crippen LogP contribution in [0.15, 0.2) is 12.1 Å². The molecule has 0 aliphatic carbocycles. The summed E-state index contributed by atoms with van der Waals surface area (Å²) in [6.45, 7) is 0.935. The van der Waals surface area contributed by atoms with E-state index in [1.54, 1.807) is 0 Å². The molecule has 0 aliphatic heterocycles. The summed E-state index contributed by atoms with van der Waals surface area (Å²) in [6.07, 6.45) is 0. The summed E-state index contributed by atoms with van der Waals surface area (Å²) in [5.41, 5.74) is -0.689. The number of anilines is 1. The normalized spacial score (nSPS) is 10.1. The lowest BCUT2D eigenvalue weighted by Gasteiger charge is -2.19. The van der Waals surface area contributed by atoms with Crippen LogP contribution in [-0.2, 0) is 4.79 Å². The minimum Gasteiger partial charge on any atom is -0.480 e. The third-order valence-electron chi connectivity index (χ3n) is 2.23. The van der Waals surface area contributed by atoms with Crippen molar-refractivity contribution in [3.05, 3.63) is 29.6 Å². The van der Waals surface area contributed by atoms with Gasteiger partial charge in [-0.25, -0.2) is 18.0 Å². The maximum atomic E-state index is 13.3. The van der Waals surface area contributed by atoms with Gasteiger partial charge in [0.1, 0.15) is 12.4 Å². The summed E-state index contributed by atoms with van der Waals surface area (Å²) in [6, 6.07) is -0.0288. The maximum absolute atomic E-state index is 13.3. The average Bonchev–Trinajstić information content (AvgIpc) is 2.31. The first-order valence-electron chi connectivity index (χ1n) is 5.27. The van der Waals surface area contributed by atoms with E-state index < -0.39 is 41.7 Å². The van der Waals surface area contributed by atoms with E-state index in [2.05, 4.69) is 0 Å². The number of likely N-dealkylation sites (N-methyl/N-ethyl adjacent to an activating group) is 1. The molecule has 8 heteroatoms. The summed E-state index contributed by atoms with van der Waals surface area (Å²) in [5, 5.41) is 10.5. The molecular formula is C11H11F3N2O3. The summed E-state index contributed by atoms with van der Waals surface area (Å²) >= 11 is 0. The number of nitrogens with one attached hydrogen (secondary N) is 1. The van der Waals surface area contributed by atoms with Gasteiger partial charge in [0.25, 0.3) is 0 Å². The number of carboxylic acids is 1. The van der Waals surface area contributed by atoms with Gasteiger partial charge in [0.15, 0.2) is 11.6 Å². The molecule has 0 radical (unpaired) electrons. The zero-order valence-electron chi connectivity index (χ0n) is 9.91. The van der Waals surface area contributed by atoms with Gasteiger partial charge < -0.3 is 15.3 Å².